The van der Waals surface area contributed by atoms with Crippen molar-refractivity contribution in [2.24, 2.45) is 0 Å². The highest BCUT2D eigenvalue weighted by atomic mass is 19.1. The van der Waals surface area contributed by atoms with Gasteiger partial charge in [0.15, 0.2) is 11.6 Å². The predicted octanol–water partition coefficient (Wildman–Crippen LogP) is 2.62. The van der Waals surface area contributed by atoms with Crippen LogP contribution in [0.3, 0.4) is 0 Å². The molecule has 2 aromatic heterocycles. The quantitative estimate of drug-likeness (QED) is 0.692. The molecule has 0 aliphatic carbocycles. The van der Waals surface area contributed by atoms with Crippen molar-refractivity contribution in [1.29, 1.82) is 0 Å². The van der Waals surface area contributed by atoms with E-state index in [0.717, 1.165) is 45.0 Å². The van der Waals surface area contributed by atoms with Gasteiger partial charge in [-0.2, -0.15) is 4.98 Å². The standard InChI is InChI=1S/C21H24FN7O.H2/c1-15-10-17(25-21-24-14-29(26-21)19-4-2-3-5-23-19)20(22)18(11-15)28-8-6-27(7-9-28)16-12-30-13-16;/h2-5,10-11,14,16H,6-9,12-13H2,1H3,(H,25,26);1H. The van der Waals surface area contributed by atoms with Crippen LogP contribution in [0.1, 0.15) is 6.99 Å². The summed E-state index contributed by atoms with van der Waals surface area (Å²) in [5, 5.41) is 7.40. The van der Waals surface area contributed by atoms with E-state index in [4.69, 9.17) is 4.74 Å². The van der Waals surface area contributed by atoms with E-state index in [1.807, 2.05) is 31.2 Å². The van der Waals surface area contributed by atoms with Crippen molar-refractivity contribution in [2.75, 3.05) is 49.6 Å². The van der Waals surface area contributed by atoms with E-state index < -0.39 is 0 Å². The number of anilines is 3. The van der Waals surface area contributed by atoms with Crippen molar-refractivity contribution in [3.63, 3.8) is 0 Å². The van der Waals surface area contributed by atoms with Crippen LogP contribution in [0.4, 0.5) is 21.7 Å². The highest BCUT2D eigenvalue weighted by Crippen LogP contribution is 2.30. The maximum atomic E-state index is 15.4. The van der Waals surface area contributed by atoms with E-state index in [0.29, 0.717) is 29.2 Å². The molecule has 8 nitrogen and oxygen atoms in total. The molecule has 1 N–H and O–H groups in total. The Morgan fingerprint density at radius 2 is 1.97 bits per heavy atom. The lowest BCUT2D eigenvalue weighted by atomic mass is 10.1. The maximum absolute atomic E-state index is 15.4. The number of rotatable bonds is 5. The Balaban J connectivity index is 0.00000231. The predicted molar refractivity (Wildman–Crippen MR) is 114 cm³/mol. The highest BCUT2D eigenvalue weighted by Gasteiger charge is 2.30. The lowest BCUT2D eigenvalue weighted by Crippen LogP contribution is -2.56. The fourth-order valence-electron chi connectivity index (χ4n) is 3.87. The number of ether oxygens (including phenoxy) is 1. The monoisotopic (exact) mass is 411 g/mol. The molecule has 0 bridgehead atoms. The molecule has 9 heteroatoms. The van der Waals surface area contributed by atoms with Gasteiger partial charge in [-0.1, -0.05) is 6.07 Å². The second-order valence-electron chi connectivity index (χ2n) is 7.69. The zero-order chi connectivity index (χ0) is 20.5. The Labute approximate surface area is 175 Å². The molecule has 30 heavy (non-hydrogen) atoms. The van der Waals surface area contributed by atoms with E-state index >= 15 is 4.39 Å². The number of nitrogens with zero attached hydrogens (tertiary/aromatic N) is 6. The third-order valence-electron chi connectivity index (χ3n) is 5.61. The van der Waals surface area contributed by atoms with E-state index in [1.165, 1.54) is 0 Å². The first kappa shape index (κ1) is 19.0. The molecule has 0 unspecified atom stereocenters. The summed E-state index contributed by atoms with van der Waals surface area (Å²) >= 11 is 0. The zero-order valence-electron chi connectivity index (χ0n) is 16.8. The van der Waals surface area contributed by atoms with E-state index in [1.54, 1.807) is 23.3 Å². The topological polar surface area (TPSA) is 71.3 Å². The third-order valence-corrected chi connectivity index (χ3v) is 5.61. The summed E-state index contributed by atoms with van der Waals surface area (Å²) < 4.78 is 22.2. The molecule has 4 heterocycles. The molecule has 0 saturated carbocycles. The number of aryl methyl sites for hydroxylation is 1. The Morgan fingerprint density at radius 1 is 1.13 bits per heavy atom. The summed E-state index contributed by atoms with van der Waals surface area (Å²) in [6.45, 7) is 7.01. The normalized spacial score (nSPS) is 17.7. The minimum absolute atomic E-state index is 0. The highest BCUT2D eigenvalue weighted by molar-refractivity contribution is 5.65. The number of hydrogen-bond donors (Lipinski definition) is 1. The van der Waals surface area contributed by atoms with E-state index in [2.05, 4.69) is 30.2 Å². The van der Waals surface area contributed by atoms with Crippen molar-refractivity contribution in [2.45, 2.75) is 13.0 Å². The summed E-state index contributed by atoms with van der Waals surface area (Å²) in [5.41, 5.74) is 1.97. The Morgan fingerprint density at radius 3 is 2.67 bits per heavy atom. The van der Waals surface area contributed by atoms with Crippen LogP contribution in [-0.4, -0.2) is 70.1 Å². The molecule has 158 valence electrons. The number of halogens is 1. The van der Waals surface area contributed by atoms with Gasteiger partial charge in [0.1, 0.15) is 6.33 Å². The largest absolute Gasteiger partial charge is 0.378 e. The first-order valence-corrected chi connectivity index (χ1v) is 10.1. The van der Waals surface area contributed by atoms with Crippen LogP contribution in [0, 0.1) is 12.7 Å². The number of piperazine rings is 1. The first-order chi connectivity index (χ1) is 14.7. The molecule has 0 atom stereocenters. The zero-order valence-corrected chi connectivity index (χ0v) is 16.8. The molecule has 0 spiro atoms. The summed E-state index contributed by atoms with van der Waals surface area (Å²) in [5.74, 6) is 0.694. The lowest BCUT2D eigenvalue weighted by molar-refractivity contribution is -0.0660. The summed E-state index contributed by atoms with van der Waals surface area (Å²) in [6, 6.07) is 9.75. The second-order valence-corrected chi connectivity index (χ2v) is 7.69. The Hall–Kier alpha value is -3.04. The second kappa shape index (κ2) is 8.00. The van der Waals surface area contributed by atoms with Crippen molar-refractivity contribution in [3.8, 4) is 5.82 Å². The van der Waals surface area contributed by atoms with Crippen molar-refractivity contribution >= 4 is 17.3 Å². The van der Waals surface area contributed by atoms with Crippen LogP contribution in [0.2, 0.25) is 0 Å². The Bertz CT molecular complexity index is 1020. The fraction of sp³-hybridized carbons (Fsp3) is 0.381. The van der Waals surface area contributed by atoms with Gasteiger partial charge in [0, 0.05) is 33.8 Å². The van der Waals surface area contributed by atoms with Gasteiger partial charge in [0.2, 0.25) is 5.95 Å². The van der Waals surface area contributed by atoms with Gasteiger partial charge in [-0.05, 0) is 36.8 Å². The number of hydrogen-bond acceptors (Lipinski definition) is 7. The van der Waals surface area contributed by atoms with E-state index in [-0.39, 0.29) is 7.24 Å². The molecule has 5 rings (SSSR count). The van der Waals surface area contributed by atoms with Gasteiger partial charge in [-0.3, -0.25) is 4.90 Å². The van der Waals surface area contributed by atoms with Crippen LogP contribution < -0.4 is 10.2 Å². The number of benzene rings is 1. The summed E-state index contributed by atoms with van der Waals surface area (Å²) in [4.78, 5) is 13.0. The molecule has 2 aliphatic rings. The van der Waals surface area contributed by atoms with Crippen LogP contribution >= 0.6 is 0 Å². The SMILES string of the molecule is Cc1cc(Nc2ncn(-c3ccccn3)n2)c(F)c(N2CCN(C3COC3)CC2)c1.[HH]. The van der Waals surface area contributed by atoms with Gasteiger partial charge >= 0.3 is 0 Å². The molecule has 1 aromatic carbocycles. The van der Waals surface area contributed by atoms with E-state index in [9.17, 15) is 0 Å². The summed E-state index contributed by atoms with van der Waals surface area (Å²) in [6.07, 6.45) is 3.25. The lowest BCUT2D eigenvalue weighted by Gasteiger charge is -2.43. The van der Waals surface area contributed by atoms with Gasteiger partial charge in [-0.25, -0.2) is 14.1 Å². The molecule has 2 saturated heterocycles. The van der Waals surface area contributed by atoms with Crippen molar-refractivity contribution in [3.05, 3.63) is 54.2 Å². The minimum Gasteiger partial charge on any atom is -0.378 e. The van der Waals surface area contributed by atoms with Crippen LogP contribution in [0.15, 0.2) is 42.9 Å². The van der Waals surface area contributed by atoms with Gasteiger partial charge in [0.05, 0.1) is 30.6 Å². The molecular weight excluding hydrogens is 385 g/mol. The molecule has 2 fully saturated rings. The average molecular weight is 411 g/mol. The molecule has 2 aliphatic heterocycles. The summed E-state index contributed by atoms with van der Waals surface area (Å²) in [7, 11) is 0. The molecule has 0 amide bonds. The van der Waals surface area contributed by atoms with Crippen molar-refractivity contribution in [1.82, 2.24) is 24.6 Å². The van der Waals surface area contributed by atoms with Gasteiger partial charge < -0.3 is 15.0 Å². The minimum atomic E-state index is -0.282. The number of nitrogens with one attached hydrogen (secondary N) is 1. The maximum Gasteiger partial charge on any atom is 0.247 e. The van der Waals surface area contributed by atoms with Gasteiger partial charge in [0.25, 0.3) is 0 Å². The Kier molecular flexibility index (Phi) is 5.06. The van der Waals surface area contributed by atoms with Crippen LogP contribution in [0.5, 0.6) is 0 Å². The smallest absolute Gasteiger partial charge is 0.247 e. The molecule has 3 aromatic rings. The number of pyridine rings is 1. The van der Waals surface area contributed by atoms with Crippen LogP contribution in [-0.2, 0) is 4.74 Å². The van der Waals surface area contributed by atoms with Gasteiger partial charge in [-0.15, -0.1) is 5.10 Å². The van der Waals surface area contributed by atoms with Crippen molar-refractivity contribution < 1.29 is 10.6 Å². The molecule has 0 radical (unpaired) electrons. The van der Waals surface area contributed by atoms with Crippen LogP contribution in [0.25, 0.3) is 5.82 Å². The fourth-order valence-corrected chi connectivity index (χ4v) is 3.87. The average Bonchev–Trinajstić information content (AvgIpc) is 3.19. The number of aromatic nitrogens is 4. The molecular formula is C21H26FN7O. The third kappa shape index (κ3) is 3.73. The first-order valence-electron chi connectivity index (χ1n) is 10.1.